The Labute approximate surface area is 132 Å². The zero-order chi connectivity index (χ0) is 16.3. The van der Waals surface area contributed by atoms with Crippen LogP contribution in [0.3, 0.4) is 0 Å². The molecule has 2 atom stereocenters. The third-order valence-electron chi connectivity index (χ3n) is 4.13. The normalized spacial score (nSPS) is 15.8. The van der Waals surface area contributed by atoms with E-state index < -0.39 is 5.60 Å². The summed E-state index contributed by atoms with van der Waals surface area (Å²) in [6.45, 7) is 12.3. The molecule has 2 unspecified atom stereocenters. The van der Waals surface area contributed by atoms with Crippen LogP contribution in [0.1, 0.15) is 73.1 Å². The van der Waals surface area contributed by atoms with Gasteiger partial charge < -0.3 is 10.2 Å². The van der Waals surface area contributed by atoms with Crippen molar-refractivity contribution < 1.29 is 10.2 Å². The van der Waals surface area contributed by atoms with E-state index in [1.807, 2.05) is 6.92 Å². The number of aliphatic hydroxyl groups is 2. The van der Waals surface area contributed by atoms with Gasteiger partial charge in [-0.25, -0.2) is 0 Å². The van der Waals surface area contributed by atoms with Gasteiger partial charge in [0.2, 0.25) is 0 Å². The van der Waals surface area contributed by atoms with Gasteiger partial charge in [0.1, 0.15) is 0 Å². The highest BCUT2D eigenvalue weighted by molar-refractivity contribution is 4.97. The number of nitrogens with zero attached hydrogens (tertiary/aromatic N) is 1. The topological polar surface area (TPSA) is 43.7 Å². The Kier molecular flexibility index (Phi) is 11.0. The molecule has 21 heavy (non-hydrogen) atoms. The van der Waals surface area contributed by atoms with E-state index in [2.05, 4.69) is 38.7 Å². The fraction of sp³-hybridized carbons (Fsp3) is 0.889. The van der Waals surface area contributed by atoms with E-state index in [9.17, 15) is 10.2 Å². The Morgan fingerprint density at radius 3 is 2.05 bits per heavy atom. The van der Waals surface area contributed by atoms with Crippen LogP contribution in [0.25, 0.3) is 0 Å². The van der Waals surface area contributed by atoms with Crippen LogP contribution in [0, 0.1) is 0 Å². The molecule has 0 amide bonds. The van der Waals surface area contributed by atoms with E-state index in [-0.39, 0.29) is 12.6 Å². The lowest BCUT2D eigenvalue weighted by molar-refractivity contribution is -0.0606. The SMILES string of the molecule is CCCCN(CCCC)C(CO)C(C)(O)CCC=C(C)C. The number of aliphatic hydroxyl groups excluding tert-OH is 1. The van der Waals surface area contributed by atoms with Crippen molar-refractivity contribution in [3.05, 3.63) is 11.6 Å². The van der Waals surface area contributed by atoms with E-state index in [0.717, 1.165) is 45.2 Å². The number of unbranched alkanes of at least 4 members (excludes halogenated alkanes) is 2. The Hall–Kier alpha value is -0.380. The second kappa shape index (κ2) is 11.2. The van der Waals surface area contributed by atoms with Crippen LogP contribution < -0.4 is 0 Å². The zero-order valence-corrected chi connectivity index (χ0v) is 14.9. The van der Waals surface area contributed by atoms with Gasteiger partial charge in [-0.3, -0.25) is 4.90 Å². The second-order valence-electron chi connectivity index (χ2n) is 6.62. The van der Waals surface area contributed by atoms with Crippen molar-refractivity contribution in [3.8, 4) is 0 Å². The maximum atomic E-state index is 10.8. The summed E-state index contributed by atoms with van der Waals surface area (Å²) in [6, 6.07) is -0.166. The molecule has 0 spiro atoms. The van der Waals surface area contributed by atoms with Crippen molar-refractivity contribution in [3.63, 3.8) is 0 Å². The largest absolute Gasteiger partial charge is 0.395 e. The summed E-state index contributed by atoms with van der Waals surface area (Å²) in [5.41, 5.74) is 0.433. The van der Waals surface area contributed by atoms with Gasteiger partial charge in [-0.1, -0.05) is 38.3 Å². The summed E-state index contributed by atoms with van der Waals surface area (Å²) < 4.78 is 0. The summed E-state index contributed by atoms with van der Waals surface area (Å²) in [5.74, 6) is 0. The molecule has 126 valence electrons. The van der Waals surface area contributed by atoms with Crippen LogP contribution in [0.5, 0.6) is 0 Å². The minimum atomic E-state index is -0.845. The van der Waals surface area contributed by atoms with Crippen LogP contribution in [-0.4, -0.2) is 46.5 Å². The third-order valence-corrected chi connectivity index (χ3v) is 4.13. The summed E-state index contributed by atoms with van der Waals surface area (Å²) in [7, 11) is 0. The number of allylic oxidation sites excluding steroid dienone is 2. The molecule has 0 aromatic carbocycles. The third kappa shape index (κ3) is 8.60. The first kappa shape index (κ1) is 20.6. The molecule has 0 aliphatic carbocycles. The van der Waals surface area contributed by atoms with E-state index in [4.69, 9.17) is 0 Å². The molecule has 0 aliphatic rings. The van der Waals surface area contributed by atoms with Gasteiger partial charge in [0.05, 0.1) is 18.2 Å². The molecule has 0 saturated carbocycles. The van der Waals surface area contributed by atoms with E-state index in [1.165, 1.54) is 5.57 Å². The lowest BCUT2D eigenvalue weighted by Gasteiger charge is -2.40. The zero-order valence-electron chi connectivity index (χ0n) is 14.9. The molecule has 0 aromatic heterocycles. The second-order valence-corrected chi connectivity index (χ2v) is 6.62. The highest BCUT2D eigenvalue weighted by Crippen LogP contribution is 2.23. The van der Waals surface area contributed by atoms with E-state index >= 15 is 0 Å². The molecule has 0 bridgehead atoms. The van der Waals surface area contributed by atoms with Crippen LogP contribution >= 0.6 is 0 Å². The number of hydrogen-bond donors (Lipinski definition) is 2. The van der Waals surface area contributed by atoms with Crippen LogP contribution in [0.15, 0.2) is 11.6 Å². The van der Waals surface area contributed by atoms with Gasteiger partial charge in [0.15, 0.2) is 0 Å². The number of hydrogen-bond acceptors (Lipinski definition) is 3. The minimum Gasteiger partial charge on any atom is -0.395 e. The average Bonchev–Trinajstić information content (AvgIpc) is 2.40. The lowest BCUT2D eigenvalue weighted by Crippen LogP contribution is -2.53. The Morgan fingerprint density at radius 1 is 1.14 bits per heavy atom. The van der Waals surface area contributed by atoms with Gasteiger partial charge in [-0.2, -0.15) is 0 Å². The van der Waals surface area contributed by atoms with Crippen molar-refractivity contribution in [2.45, 2.75) is 84.8 Å². The molecule has 0 rings (SSSR count). The molecule has 0 fully saturated rings. The molecule has 0 aromatic rings. The summed E-state index contributed by atoms with van der Waals surface area (Å²) in [4.78, 5) is 2.29. The molecule has 3 nitrogen and oxygen atoms in total. The fourth-order valence-electron chi connectivity index (χ4n) is 2.67. The smallest absolute Gasteiger partial charge is 0.0799 e. The molecule has 0 radical (unpaired) electrons. The lowest BCUT2D eigenvalue weighted by atomic mass is 9.89. The summed E-state index contributed by atoms with van der Waals surface area (Å²) in [5, 5.41) is 20.6. The van der Waals surface area contributed by atoms with Crippen LogP contribution in [0.2, 0.25) is 0 Å². The first-order valence-corrected chi connectivity index (χ1v) is 8.59. The predicted octanol–water partition coefficient (Wildman–Crippen LogP) is 3.75. The predicted molar refractivity (Wildman–Crippen MR) is 91.6 cm³/mol. The standard InChI is InChI=1S/C18H37NO2/c1-6-8-13-19(14-9-7-2)17(15-20)18(5,21)12-10-11-16(3)4/h11,17,20-21H,6-10,12-15H2,1-5H3. The number of rotatable bonds is 12. The highest BCUT2D eigenvalue weighted by atomic mass is 16.3. The van der Waals surface area contributed by atoms with Crippen molar-refractivity contribution in [1.29, 1.82) is 0 Å². The van der Waals surface area contributed by atoms with E-state index in [1.54, 1.807) is 0 Å². The maximum Gasteiger partial charge on any atom is 0.0799 e. The van der Waals surface area contributed by atoms with Gasteiger partial charge in [0.25, 0.3) is 0 Å². The molecule has 0 saturated heterocycles. The summed E-state index contributed by atoms with van der Waals surface area (Å²) >= 11 is 0. The molecular weight excluding hydrogens is 262 g/mol. The quantitative estimate of drug-likeness (QED) is 0.539. The highest BCUT2D eigenvalue weighted by Gasteiger charge is 2.34. The molecule has 0 heterocycles. The minimum absolute atomic E-state index is 0.0231. The van der Waals surface area contributed by atoms with Crippen molar-refractivity contribution in [2.75, 3.05) is 19.7 Å². The fourth-order valence-corrected chi connectivity index (χ4v) is 2.67. The monoisotopic (exact) mass is 299 g/mol. The molecule has 3 heteroatoms. The van der Waals surface area contributed by atoms with Gasteiger partial charge in [-0.15, -0.1) is 0 Å². The van der Waals surface area contributed by atoms with Gasteiger partial charge in [-0.05, 0) is 59.5 Å². The average molecular weight is 299 g/mol. The first-order chi connectivity index (χ1) is 9.88. The maximum absolute atomic E-state index is 10.8. The Morgan fingerprint density at radius 2 is 1.67 bits per heavy atom. The molecular formula is C18H37NO2. The van der Waals surface area contributed by atoms with Crippen LogP contribution in [0.4, 0.5) is 0 Å². The van der Waals surface area contributed by atoms with Crippen LogP contribution in [-0.2, 0) is 0 Å². The van der Waals surface area contributed by atoms with Crippen molar-refractivity contribution >= 4 is 0 Å². The molecule has 0 aliphatic heterocycles. The van der Waals surface area contributed by atoms with Crippen molar-refractivity contribution in [2.24, 2.45) is 0 Å². The van der Waals surface area contributed by atoms with Gasteiger partial charge >= 0.3 is 0 Å². The Balaban J connectivity index is 4.78. The van der Waals surface area contributed by atoms with Gasteiger partial charge in [0, 0.05) is 0 Å². The first-order valence-electron chi connectivity index (χ1n) is 8.59. The van der Waals surface area contributed by atoms with E-state index in [0.29, 0.717) is 6.42 Å². The molecule has 2 N–H and O–H groups in total. The Bertz CT molecular complexity index is 275. The summed E-state index contributed by atoms with van der Waals surface area (Å²) in [6.07, 6.45) is 8.22. The van der Waals surface area contributed by atoms with Crippen molar-refractivity contribution in [1.82, 2.24) is 4.90 Å².